The minimum Gasteiger partial charge on any atom is -0.326 e. The SMILES string of the molecule is NC(Cc1cc(Br)ccc1F)C1CSCCS1. The first kappa shape index (κ1) is 13.7. The molecule has 1 saturated heterocycles. The summed E-state index contributed by atoms with van der Waals surface area (Å²) in [5, 5.41) is 0.451. The monoisotopic (exact) mass is 335 g/mol. The van der Waals surface area contributed by atoms with Gasteiger partial charge < -0.3 is 5.73 Å². The van der Waals surface area contributed by atoms with Gasteiger partial charge in [-0.25, -0.2) is 4.39 Å². The summed E-state index contributed by atoms with van der Waals surface area (Å²) in [5.74, 6) is 3.29. The molecule has 2 rings (SSSR count). The summed E-state index contributed by atoms with van der Waals surface area (Å²) >= 11 is 7.23. The summed E-state index contributed by atoms with van der Waals surface area (Å²) in [6.07, 6.45) is 0.615. The second-order valence-corrected chi connectivity index (χ2v) is 7.50. The molecule has 0 radical (unpaired) electrons. The summed E-state index contributed by atoms with van der Waals surface area (Å²) in [4.78, 5) is 0. The van der Waals surface area contributed by atoms with Gasteiger partial charge in [0, 0.05) is 33.0 Å². The third-order valence-corrected chi connectivity index (χ3v) is 6.22. The number of hydrogen-bond donors (Lipinski definition) is 1. The zero-order valence-electron chi connectivity index (χ0n) is 9.36. The molecule has 0 spiro atoms. The van der Waals surface area contributed by atoms with Crippen LogP contribution >= 0.6 is 39.5 Å². The highest BCUT2D eigenvalue weighted by Crippen LogP contribution is 2.27. The third kappa shape index (κ3) is 3.88. The van der Waals surface area contributed by atoms with Crippen LogP contribution in [0.1, 0.15) is 5.56 Å². The zero-order chi connectivity index (χ0) is 12.3. The van der Waals surface area contributed by atoms with E-state index in [4.69, 9.17) is 5.73 Å². The number of halogens is 2. The molecule has 0 amide bonds. The van der Waals surface area contributed by atoms with Crippen LogP contribution in [0, 0.1) is 5.82 Å². The first-order valence-corrected chi connectivity index (χ1v) is 8.55. The van der Waals surface area contributed by atoms with Crippen LogP contribution in [0.4, 0.5) is 4.39 Å². The maximum absolute atomic E-state index is 13.6. The van der Waals surface area contributed by atoms with Crippen molar-refractivity contribution in [1.82, 2.24) is 0 Å². The predicted molar refractivity (Wildman–Crippen MR) is 79.4 cm³/mol. The third-order valence-electron chi connectivity index (χ3n) is 2.78. The normalized spacial score (nSPS) is 22.4. The molecule has 0 aromatic heterocycles. The molecule has 94 valence electrons. The fourth-order valence-electron chi connectivity index (χ4n) is 1.84. The van der Waals surface area contributed by atoms with Gasteiger partial charge in [0.15, 0.2) is 0 Å². The second-order valence-electron chi connectivity index (χ2n) is 4.09. The molecule has 1 aliphatic heterocycles. The molecule has 5 heteroatoms. The standard InChI is InChI=1S/C12H15BrFNS2/c13-9-1-2-10(14)8(5-9)6-11(15)12-7-16-3-4-17-12/h1-2,5,11-12H,3-4,6-7,15H2. The Morgan fingerprint density at radius 2 is 2.29 bits per heavy atom. The number of nitrogens with two attached hydrogens (primary N) is 1. The zero-order valence-corrected chi connectivity index (χ0v) is 12.6. The number of rotatable bonds is 3. The Hall–Kier alpha value is 0.290. The largest absolute Gasteiger partial charge is 0.326 e. The summed E-state index contributed by atoms with van der Waals surface area (Å²) in [6, 6.07) is 5.08. The average Bonchev–Trinajstić information content (AvgIpc) is 2.35. The fourth-order valence-corrected chi connectivity index (χ4v) is 5.07. The van der Waals surface area contributed by atoms with Crippen LogP contribution in [0.2, 0.25) is 0 Å². The van der Waals surface area contributed by atoms with Crippen molar-refractivity contribution in [2.45, 2.75) is 17.7 Å². The summed E-state index contributed by atoms with van der Waals surface area (Å²) in [6.45, 7) is 0. The van der Waals surface area contributed by atoms with Gasteiger partial charge in [-0.05, 0) is 30.2 Å². The van der Waals surface area contributed by atoms with Crippen molar-refractivity contribution in [3.05, 3.63) is 34.1 Å². The Labute approximate surface area is 118 Å². The van der Waals surface area contributed by atoms with Crippen molar-refractivity contribution in [3.8, 4) is 0 Å². The van der Waals surface area contributed by atoms with Crippen LogP contribution < -0.4 is 5.73 Å². The van der Waals surface area contributed by atoms with Crippen molar-refractivity contribution in [2.24, 2.45) is 5.73 Å². The van der Waals surface area contributed by atoms with Gasteiger partial charge in [0.05, 0.1) is 0 Å². The topological polar surface area (TPSA) is 26.0 Å². The number of thioether (sulfide) groups is 2. The molecule has 1 nitrogen and oxygen atoms in total. The van der Waals surface area contributed by atoms with Gasteiger partial charge in [-0.1, -0.05) is 15.9 Å². The molecule has 17 heavy (non-hydrogen) atoms. The Kier molecular flexibility index (Phi) is 5.21. The highest BCUT2D eigenvalue weighted by Gasteiger charge is 2.22. The minimum atomic E-state index is -0.155. The fraction of sp³-hybridized carbons (Fsp3) is 0.500. The Balaban J connectivity index is 2.01. The van der Waals surface area contributed by atoms with Crippen LogP contribution in [-0.4, -0.2) is 28.6 Å². The van der Waals surface area contributed by atoms with Crippen molar-refractivity contribution in [3.63, 3.8) is 0 Å². The molecule has 2 atom stereocenters. The van der Waals surface area contributed by atoms with E-state index in [2.05, 4.69) is 15.9 Å². The van der Waals surface area contributed by atoms with E-state index in [-0.39, 0.29) is 11.9 Å². The molecule has 2 N–H and O–H groups in total. The van der Waals surface area contributed by atoms with Gasteiger partial charge in [0.2, 0.25) is 0 Å². The Morgan fingerprint density at radius 1 is 1.47 bits per heavy atom. The van der Waals surface area contributed by atoms with Crippen molar-refractivity contribution < 1.29 is 4.39 Å². The highest BCUT2D eigenvalue weighted by molar-refractivity contribution is 9.10. The smallest absolute Gasteiger partial charge is 0.126 e. The van der Waals surface area contributed by atoms with Gasteiger partial charge in [-0.2, -0.15) is 23.5 Å². The molecule has 1 aromatic rings. The number of benzene rings is 1. The van der Waals surface area contributed by atoms with Crippen molar-refractivity contribution in [2.75, 3.05) is 17.3 Å². The second kappa shape index (κ2) is 6.45. The molecule has 1 fully saturated rings. The first-order chi connectivity index (χ1) is 8.16. The van der Waals surface area contributed by atoms with Crippen LogP contribution in [-0.2, 0) is 6.42 Å². The van der Waals surface area contributed by atoms with E-state index in [1.165, 1.54) is 11.8 Å². The Bertz CT molecular complexity index is 383. The van der Waals surface area contributed by atoms with E-state index in [9.17, 15) is 4.39 Å². The lowest BCUT2D eigenvalue weighted by molar-refractivity contribution is 0.584. The van der Waals surface area contributed by atoms with Gasteiger partial charge in [0.1, 0.15) is 5.82 Å². The molecule has 0 aliphatic carbocycles. The van der Waals surface area contributed by atoms with E-state index in [0.29, 0.717) is 17.2 Å². The number of hydrogen-bond acceptors (Lipinski definition) is 3. The summed E-state index contributed by atoms with van der Waals surface area (Å²) in [7, 11) is 0. The highest BCUT2D eigenvalue weighted by atomic mass is 79.9. The molecule has 2 unspecified atom stereocenters. The van der Waals surface area contributed by atoms with Gasteiger partial charge in [0.25, 0.3) is 0 Å². The van der Waals surface area contributed by atoms with Gasteiger partial charge in [-0.15, -0.1) is 0 Å². The first-order valence-electron chi connectivity index (χ1n) is 5.55. The van der Waals surface area contributed by atoms with Crippen LogP contribution in [0.3, 0.4) is 0 Å². The average molecular weight is 336 g/mol. The lowest BCUT2D eigenvalue weighted by Gasteiger charge is -2.26. The lowest BCUT2D eigenvalue weighted by atomic mass is 10.0. The molecule has 1 heterocycles. The van der Waals surface area contributed by atoms with Crippen LogP contribution in [0.25, 0.3) is 0 Å². The molecule has 0 saturated carbocycles. The van der Waals surface area contributed by atoms with Gasteiger partial charge in [-0.3, -0.25) is 0 Å². The van der Waals surface area contributed by atoms with Crippen LogP contribution in [0.5, 0.6) is 0 Å². The van der Waals surface area contributed by atoms with E-state index >= 15 is 0 Å². The molecular weight excluding hydrogens is 321 g/mol. The van der Waals surface area contributed by atoms with Crippen LogP contribution in [0.15, 0.2) is 22.7 Å². The quantitative estimate of drug-likeness (QED) is 0.917. The molecular formula is C12H15BrFNS2. The van der Waals surface area contributed by atoms with E-state index in [1.54, 1.807) is 6.07 Å². The lowest BCUT2D eigenvalue weighted by Crippen LogP contribution is -2.38. The molecule has 1 aliphatic rings. The maximum Gasteiger partial charge on any atom is 0.126 e. The summed E-state index contributed by atoms with van der Waals surface area (Å²) < 4.78 is 14.5. The maximum atomic E-state index is 13.6. The summed E-state index contributed by atoms with van der Waals surface area (Å²) in [5.41, 5.74) is 6.89. The minimum absolute atomic E-state index is 0.0385. The van der Waals surface area contributed by atoms with Crippen molar-refractivity contribution >= 4 is 39.5 Å². The Morgan fingerprint density at radius 3 is 3.00 bits per heavy atom. The van der Waals surface area contributed by atoms with Crippen molar-refractivity contribution in [1.29, 1.82) is 0 Å². The van der Waals surface area contributed by atoms with E-state index < -0.39 is 0 Å². The molecule has 1 aromatic carbocycles. The predicted octanol–water partition coefficient (Wildman–Crippen LogP) is 3.31. The molecule has 0 bridgehead atoms. The van der Waals surface area contributed by atoms with E-state index in [0.717, 1.165) is 16.0 Å². The van der Waals surface area contributed by atoms with Gasteiger partial charge >= 0.3 is 0 Å². The van der Waals surface area contributed by atoms with E-state index in [1.807, 2.05) is 29.6 Å².